The summed E-state index contributed by atoms with van der Waals surface area (Å²) in [5, 5.41) is 18.6. The number of fused-ring (bicyclic) bond motifs is 1. The van der Waals surface area contributed by atoms with Crippen molar-refractivity contribution >= 4 is 0 Å². The molecular weight excluding hydrogens is 192 g/mol. The van der Waals surface area contributed by atoms with Gasteiger partial charge in [0.25, 0.3) is 0 Å². The highest BCUT2D eigenvalue weighted by Gasteiger charge is 2.22. The molecule has 1 aliphatic rings. The van der Waals surface area contributed by atoms with E-state index in [1.54, 1.807) is 6.07 Å². The minimum atomic E-state index is -0.518. The van der Waals surface area contributed by atoms with E-state index in [1.165, 1.54) is 7.11 Å². The third kappa shape index (κ3) is 1.66. The first kappa shape index (κ1) is 9.94. The second-order valence-electron chi connectivity index (χ2n) is 3.61. The zero-order valence-corrected chi connectivity index (χ0v) is 8.53. The third-order valence-electron chi connectivity index (χ3n) is 2.65. The van der Waals surface area contributed by atoms with E-state index in [1.807, 2.05) is 6.07 Å². The van der Waals surface area contributed by atoms with Crippen LogP contribution in [0.15, 0.2) is 6.07 Å². The molecule has 0 aliphatic heterocycles. The zero-order chi connectivity index (χ0) is 10.8. The molecule has 2 rings (SSSR count). The van der Waals surface area contributed by atoms with Gasteiger partial charge in [0.15, 0.2) is 0 Å². The standard InChI is InChI=1S/C11H12N2O2/c1-15-11-8(6-12)5-7-3-2-4-9(14)10(7)13-11/h5,9,14H,2-4H2,1H3. The molecule has 0 spiro atoms. The van der Waals surface area contributed by atoms with Gasteiger partial charge in [-0.15, -0.1) is 0 Å². The van der Waals surface area contributed by atoms with Gasteiger partial charge >= 0.3 is 0 Å². The molecule has 0 fully saturated rings. The number of methoxy groups -OCH3 is 1. The minimum absolute atomic E-state index is 0.303. The predicted octanol–water partition coefficient (Wildman–Crippen LogP) is 1.33. The first-order valence-electron chi connectivity index (χ1n) is 4.92. The minimum Gasteiger partial charge on any atom is -0.480 e. The molecule has 4 nitrogen and oxygen atoms in total. The number of nitrogens with zero attached hydrogens (tertiary/aromatic N) is 2. The predicted molar refractivity (Wildman–Crippen MR) is 53.4 cm³/mol. The molecule has 0 saturated heterocycles. The van der Waals surface area contributed by atoms with Crippen LogP contribution >= 0.6 is 0 Å². The van der Waals surface area contributed by atoms with Gasteiger partial charge in [-0.1, -0.05) is 0 Å². The van der Waals surface area contributed by atoms with Crippen LogP contribution in [0.1, 0.15) is 35.8 Å². The number of aryl methyl sites for hydroxylation is 1. The third-order valence-corrected chi connectivity index (χ3v) is 2.65. The van der Waals surface area contributed by atoms with Crippen molar-refractivity contribution < 1.29 is 9.84 Å². The molecule has 1 aromatic heterocycles. The molecule has 0 aromatic carbocycles. The molecule has 15 heavy (non-hydrogen) atoms. The fourth-order valence-electron chi connectivity index (χ4n) is 1.90. The Kier molecular flexibility index (Phi) is 2.57. The molecule has 1 aliphatic carbocycles. The smallest absolute Gasteiger partial charge is 0.231 e. The number of pyridine rings is 1. The SMILES string of the molecule is COc1nc2c(cc1C#N)CCCC2O. The highest BCUT2D eigenvalue weighted by atomic mass is 16.5. The number of rotatable bonds is 1. The van der Waals surface area contributed by atoms with E-state index in [2.05, 4.69) is 4.98 Å². The number of ether oxygens (including phenoxy) is 1. The largest absolute Gasteiger partial charge is 0.480 e. The van der Waals surface area contributed by atoms with E-state index in [4.69, 9.17) is 10.00 Å². The van der Waals surface area contributed by atoms with Crippen LogP contribution in [0.25, 0.3) is 0 Å². The number of aromatic nitrogens is 1. The summed E-state index contributed by atoms with van der Waals surface area (Å²) in [6.45, 7) is 0. The fourth-order valence-corrected chi connectivity index (χ4v) is 1.90. The first-order valence-corrected chi connectivity index (χ1v) is 4.92. The van der Waals surface area contributed by atoms with E-state index >= 15 is 0 Å². The van der Waals surface area contributed by atoms with Gasteiger partial charge in [0.2, 0.25) is 5.88 Å². The lowest BCUT2D eigenvalue weighted by Gasteiger charge is -2.20. The number of aliphatic hydroxyl groups excluding tert-OH is 1. The van der Waals surface area contributed by atoms with Gasteiger partial charge in [0.05, 0.1) is 18.9 Å². The van der Waals surface area contributed by atoms with Crippen molar-refractivity contribution in [3.8, 4) is 11.9 Å². The van der Waals surface area contributed by atoms with E-state index in [-0.39, 0.29) is 0 Å². The Bertz CT molecular complexity index is 423. The zero-order valence-electron chi connectivity index (χ0n) is 8.53. The molecule has 0 amide bonds. The Morgan fingerprint density at radius 3 is 3.13 bits per heavy atom. The number of aliphatic hydroxyl groups is 1. The lowest BCUT2D eigenvalue weighted by Crippen LogP contribution is -2.12. The summed E-state index contributed by atoms with van der Waals surface area (Å²) >= 11 is 0. The summed E-state index contributed by atoms with van der Waals surface area (Å²) < 4.78 is 5.01. The van der Waals surface area contributed by atoms with E-state index in [9.17, 15) is 5.11 Å². The first-order chi connectivity index (χ1) is 7.26. The Morgan fingerprint density at radius 2 is 2.47 bits per heavy atom. The topological polar surface area (TPSA) is 66.1 Å². The summed E-state index contributed by atoms with van der Waals surface area (Å²) in [5.74, 6) is 0.303. The van der Waals surface area contributed by atoms with Gasteiger partial charge in [0.1, 0.15) is 11.6 Å². The summed E-state index contributed by atoms with van der Waals surface area (Å²) in [7, 11) is 1.48. The monoisotopic (exact) mass is 204 g/mol. The summed E-state index contributed by atoms with van der Waals surface area (Å²) in [6.07, 6.45) is 2.02. The second-order valence-corrected chi connectivity index (χ2v) is 3.61. The molecule has 1 heterocycles. The van der Waals surface area contributed by atoms with Crippen molar-refractivity contribution in [3.05, 3.63) is 22.9 Å². The molecule has 0 bridgehead atoms. The van der Waals surface area contributed by atoms with E-state index in [0.717, 1.165) is 24.8 Å². The van der Waals surface area contributed by atoms with Crippen LogP contribution in [0.5, 0.6) is 5.88 Å². The van der Waals surface area contributed by atoms with Gasteiger partial charge in [-0.2, -0.15) is 5.26 Å². The van der Waals surface area contributed by atoms with Crippen LogP contribution in [0.3, 0.4) is 0 Å². The normalized spacial score (nSPS) is 19.1. The maximum absolute atomic E-state index is 9.74. The van der Waals surface area contributed by atoms with Gasteiger partial charge < -0.3 is 9.84 Å². The molecule has 1 N–H and O–H groups in total. The molecule has 0 radical (unpaired) electrons. The summed E-state index contributed by atoms with van der Waals surface area (Å²) in [4.78, 5) is 4.19. The molecule has 1 unspecified atom stereocenters. The summed E-state index contributed by atoms with van der Waals surface area (Å²) in [6, 6.07) is 3.81. The molecule has 78 valence electrons. The van der Waals surface area contributed by atoms with Crippen LogP contribution in [0.2, 0.25) is 0 Å². The van der Waals surface area contributed by atoms with Crippen molar-refractivity contribution in [3.63, 3.8) is 0 Å². The van der Waals surface area contributed by atoms with Crippen LogP contribution in [-0.4, -0.2) is 17.2 Å². The molecule has 4 heteroatoms. The van der Waals surface area contributed by atoms with E-state index < -0.39 is 6.10 Å². The van der Waals surface area contributed by atoms with Crippen LogP contribution in [-0.2, 0) is 6.42 Å². The Labute approximate surface area is 88.1 Å². The van der Waals surface area contributed by atoms with Gasteiger partial charge in [-0.3, -0.25) is 0 Å². The van der Waals surface area contributed by atoms with Crippen molar-refractivity contribution in [1.82, 2.24) is 4.98 Å². The van der Waals surface area contributed by atoms with Gasteiger partial charge in [0, 0.05) is 0 Å². The maximum Gasteiger partial charge on any atom is 0.231 e. The second kappa shape index (κ2) is 3.87. The summed E-state index contributed by atoms with van der Waals surface area (Å²) in [5.41, 5.74) is 2.06. The lowest BCUT2D eigenvalue weighted by atomic mass is 9.93. The van der Waals surface area contributed by atoms with Crippen molar-refractivity contribution in [2.45, 2.75) is 25.4 Å². The van der Waals surface area contributed by atoms with E-state index in [0.29, 0.717) is 17.1 Å². The number of hydrogen-bond acceptors (Lipinski definition) is 4. The van der Waals surface area contributed by atoms with Crippen LogP contribution in [0, 0.1) is 11.3 Å². The Balaban J connectivity index is 2.54. The molecule has 1 aromatic rings. The molecule has 1 atom stereocenters. The fraction of sp³-hybridized carbons (Fsp3) is 0.455. The maximum atomic E-state index is 9.74. The quantitative estimate of drug-likeness (QED) is 0.749. The van der Waals surface area contributed by atoms with Crippen molar-refractivity contribution in [2.24, 2.45) is 0 Å². The average Bonchev–Trinajstić information content (AvgIpc) is 2.28. The van der Waals surface area contributed by atoms with Crippen molar-refractivity contribution in [2.75, 3.05) is 7.11 Å². The Morgan fingerprint density at radius 1 is 1.67 bits per heavy atom. The Hall–Kier alpha value is -1.60. The average molecular weight is 204 g/mol. The highest BCUT2D eigenvalue weighted by molar-refractivity contribution is 5.43. The highest BCUT2D eigenvalue weighted by Crippen LogP contribution is 2.31. The van der Waals surface area contributed by atoms with Gasteiger partial charge in [-0.25, -0.2) is 4.98 Å². The van der Waals surface area contributed by atoms with Gasteiger partial charge in [-0.05, 0) is 30.9 Å². The van der Waals surface area contributed by atoms with Crippen LogP contribution < -0.4 is 4.74 Å². The number of nitriles is 1. The van der Waals surface area contributed by atoms with Crippen LogP contribution in [0.4, 0.5) is 0 Å². The molecule has 0 saturated carbocycles. The number of hydrogen-bond donors (Lipinski definition) is 1. The lowest BCUT2D eigenvalue weighted by molar-refractivity contribution is 0.150. The molecular formula is C11H12N2O2. The van der Waals surface area contributed by atoms with Crippen molar-refractivity contribution in [1.29, 1.82) is 5.26 Å².